The normalized spacial score (nSPS) is 12.2. The minimum atomic E-state index is -0.240. The molecule has 0 aliphatic rings. The van der Waals surface area contributed by atoms with Crippen molar-refractivity contribution in [3.8, 4) is 5.75 Å². The third-order valence-electron chi connectivity index (χ3n) is 2.79. The lowest BCUT2D eigenvalue weighted by molar-refractivity contribution is 0.411. The summed E-state index contributed by atoms with van der Waals surface area (Å²) in [5.41, 5.74) is 3.67. The Kier molecular flexibility index (Phi) is 5.34. The maximum absolute atomic E-state index is 13.1. The molecule has 1 aromatic carbocycles. The molecule has 2 aromatic rings. The molecule has 1 heterocycles. The molecule has 2 rings (SSSR count). The summed E-state index contributed by atoms with van der Waals surface area (Å²) < 4.78 is 18.3. The number of hydrogen-bond acceptors (Lipinski definition) is 5. The standard InChI is InChI=1S/C14H16FN3OS/c1-19-12-5-10(7-17-8-12)14(18-16)9-20-13-4-2-3-11(15)6-13/h2-8,14,18H,9,16H2,1H3. The third kappa shape index (κ3) is 3.93. The molecule has 20 heavy (non-hydrogen) atoms. The van der Waals surface area contributed by atoms with Crippen molar-refractivity contribution in [3.05, 3.63) is 54.1 Å². The molecule has 0 aliphatic carbocycles. The topological polar surface area (TPSA) is 60.2 Å². The van der Waals surface area contributed by atoms with Gasteiger partial charge >= 0.3 is 0 Å². The Morgan fingerprint density at radius 1 is 1.40 bits per heavy atom. The van der Waals surface area contributed by atoms with E-state index in [0.717, 1.165) is 10.5 Å². The first-order chi connectivity index (χ1) is 9.72. The quantitative estimate of drug-likeness (QED) is 0.487. The average Bonchev–Trinajstić information content (AvgIpc) is 2.48. The number of ether oxygens (including phenoxy) is 1. The van der Waals surface area contributed by atoms with Crippen LogP contribution >= 0.6 is 11.8 Å². The Hall–Kier alpha value is -1.63. The Labute approximate surface area is 121 Å². The molecule has 6 heteroatoms. The van der Waals surface area contributed by atoms with Crippen LogP contribution in [0.25, 0.3) is 0 Å². The van der Waals surface area contributed by atoms with E-state index in [1.807, 2.05) is 12.1 Å². The zero-order valence-corrected chi connectivity index (χ0v) is 11.9. The van der Waals surface area contributed by atoms with Crippen LogP contribution in [0.2, 0.25) is 0 Å². The molecule has 106 valence electrons. The van der Waals surface area contributed by atoms with Crippen molar-refractivity contribution in [1.29, 1.82) is 0 Å². The summed E-state index contributed by atoms with van der Waals surface area (Å²) in [5.74, 6) is 6.68. The monoisotopic (exact) mass is 293 g/mol. The van der Waals surface area contributed by atoms with E-state index in [2.05, 4.69) is 10.4 Å². The molecule has 4 nitrogen and oxygen atoms in total. The molecule has 1 unspecified atom stereocenters. The molecule has 0 saturated heterocycles. The number of halogens is 1. The maximum Gasteiger partial charge on any atom is 0.137 e. The first kappa shape index (κ1) is 14.8. The summed E-state index contributed by atoms with van der Waals surface area (Å²) in [6, 6.07) is 8.27. The molecule has 0 radical (unpaired) electrons. The average molecular weight is 293 g/mol. The minimum absolute atomic E-state index is 0.0918. The van der Waals surface area contributed by atoms with Crippen LogP contribution in [0, 0.1) is 5.82 Å². The zero-order chi connectivity index (χ0) is 14.4. The van der Waals surface area contributed by atoms with Gasteiger partial charge in [-0.3, -0.25) is 16.3 Å². The van der Waals surface area contributed by atoms with Gasteiger partial charge in [0.1, 0.15) is 11.6 Å². The molecule has 1 atom stereocenters. The summed E-state index contributed by atoms with van der Waals surface area (Å²) in [6.45, 7) is 0. The van der Waals surface area contributed by atoms with Gasteiger partial charge in [-0.1, -0.05) is 6.07 Å². The SMILES string of the molecule is COc1cncc(C(CSc2cccc(F)c2)NN)c1. The van der Waals surface area contributed by atoms with Crippen LogP contribution in [0.4, 0.5) is 4.39 Å². The fourth-order valence-corrected chi connectivity index (χ4v) is 2.73. The van der Waals surface area contributed by atoms with E-state index >= 15 is 0 Å². The second-order valence-corrected chi connectivity index (χ2v) is 5.24. The van der Waals surface area contributed by atoms with Gasteiger partial charge in [0, 0.05) is 16.8 Å². The fraction of sp³-hybridized carbons (Fsp3) is 0.214. The van der Waals surface area contributed by atoms with Gasteiger partial charge in [0.05, 0.1) is 19.3 Å². The molecule has 0 fully saturated rings. The fourth-order valence-electron chi connectivity index (χ4n) is 1.71. The second kappa shape index (κ2) is 7.23. The Morgan fingerprint density at radius 3 is 2.95 bits per heavy atom. The highest BCUT2D eigenvalue weighted by molar-refractivity contribution is 7.99. The van der Waals surface area contributed by atoms with Gasteiger partial charge < -0.3 is 4.74 Å². The van der Waals surface area contributed by atoms with Crippen LogP contribution in [0.3, 0.4) is 0 Å². The lowest BCUT2D eigenvalue weighted by atomic mass is 10.1. The predicted octanol–water partition coefficient (Wildman–Crippen LogP) is 2.53. The van der Waals surface area contributed by atoms with Crippen LogP contribution in [0.1, 0.15) is 11.6 Å². The Bertz CT molecular complexity index is 568. The highest BCUT2D eigenvalue weighted by Gasteiger charge is 2.12. The predicted molar refractivity (Wildman–Crippen MR) is 78.0 cm³/mol. The van der Waals surface area contributed by atoms with Crippen molar-refractivity contribution in [2.45, 2.75) is 10.9 Å². The number of benzene rings is 1. The van der Waals surface area contributed by atoms with Crippen LogP contribution in [0.5, 0.6) is 5.75 Å². The summed E-state index contributed by atoms with van der Waals surface area (Å²) in [5, 5.41) is 0. The Balaban J connectivity index is 2.05. The van der Waals surface area contributed by atoms with E-state index < -0.39 is 0 Å². The number of methoxy groups -OCH3 is 1. The van der Waals surface area contributed by atoms with Gasteiger partial charge in [0.15, 0.2) is 0 Å². The molecular formula is C14H16FN3OS. The molecule has 0 amide bonds. The third-order valence-corrected chi connectivity index (χ3v) is 3.87. The number of rotatable bonds is 6. The van der Waals surface area contributed by atoms with E-state index in [-0.39, 0.29) is 11.9 Å². The number of hydrogen-bond donors (Lipinski definition) is 2. The number of hydrazine groups is 1. The van der Waals surface area contributed by atoms with Crippen LogP contribution in [0.15, 0.2) is 47.6 Å². The molecule has 0 saturated carbocycles. The van der Waals surface area contributed by atoms with Crippen molar-refractivity contribution >= 4 is 11.8 Å². The molecule has 0 aliphatic heterocycles. The van der Waals surface area contributed by atoms with Crippen LogP contribution < -0.4 is 16.0 Å². The number of nitrogens with zero attached hydrogens (tertiary/aromatic N) is 1. The lowest BCUT2D eigenvalue weighted by Crippen LogP contribution is -2.29. The van der Waals surface area contributed by atoms with Gasteiger partial charge in [-0.25, -0.2) is 4.39 Å². The first-order valence-electron chi connectivity index (χ1n) is 6.06. The number of pyridine rings is 1. The van der Waals surface area contributed by atoms with E-state index in [1.54, 1.807) is 25.6 Å². The summed E-state index contributed by atoms with van der Waals surface area (Å²) in [7, 11) is 1.59. The maximum atomic E-state index is 13.1. The van der Waals surface area contributed by atoms with Crippen molar-refractivity contribution in [2.24, 2.45) is 5.84 Å². The number of nitrogens with two attached hydrogens (primary N) is 1. The van der Waals surface area contributed by atoms with E-state index in [9.17, 15) is 4.39 Å². The van der Waals surface area contributed by atoms with Crippen molar-refractivity contribution in [1.82, 2.24) is 10.4 Å². The smallest absolute Gasteiger partial charge is 0.137 e. The van der Waals surface area contributed by atoms with Crippen molar-refractivity contribution < 1.29 is 9.13 Å². The zero-order valence-electron chi connectivity index (χ0n) is 11.0. The largest absolute Gasteiger partial charge is 0.495 e. The van der Waals surface area contributed by atoms with Crippen LogP contribution in [-0.2, 0) is 0 Å². The molecule has 3 N–H and O–H groups in total. The van der Waals surface area contributed by atoms with Gasteiger partial charge in [-0.05, 0) is 29.8 Å². The van der Waals surface area contributed by atoms with Gasteiger partial charge in [0.25, 0.3) is 0 Å². The molecule has 0 spiro atoms. The highest BCUT2D eigenvalue weighted by atomic mass is 32.2. The van der Waals surface area contributed by atoms with Crippen LogP contribution in [-0.4, -0.2) is 17.8 Å². The lowest BCUT2D eigenvalue weighted by Gasteiger charge is -2.16. The molecular weight excluding hydrogens is 277 g/mol. The minimum Gasteiger partial charge on any atom is -0.495 e. The van der Waals surface area contributed by atoms with E-state index in [4.69, 9.17) is 10.6 Å². The summed E-state index contributed by atoms with van der Waals surface area (Å²) in [4.78, 5) is 4.97. The van der Waals surface area contributed by atoms with Gasteiger partial charge in [-0.15, -0.1) is 11.8 Å². The van der Waals surface area contributed by atoms with E-state index in [0.29, 0.717) is 11.5 Å². The highest BCUT2D eigenvalue weighted by Crippen LogP contribution is 2.26. The Morgan fingerprint density at radius 2 is 2.25 bits per heavy atom. The van der Waals surface area contributed by atoms with Gasteiger partial charge in [-0.2, -0.15) is 0 Å². The summed E-state index contributed by atoms with van der Waals surface area (Å²) >= 11 is 1.52. The molecule has 1 aromatic heterocycles. The second-order valence-electron chi connectivity index (χ2n) is 4.15. The number of nitrogens with one attached hydrogen (secondary N) is 1. The van der Waals surface area contributed by atoms with Gasteiger partial charge in [0.2, 0.25) is 0 Å². The summed E-state index contributed by atoms with van der Waals surface area (Å²) in [6.07, 6.45) is 3.37. The van der Waals surface area contributed by atoms with Crippen molar-refractivity contribution in [2.75, 3.05) is 12.9 Å². The first-order valence-corrected chi connectivity index (χ1v) is 7.05. The molecule has 0 bridgehead atoms. The number of thioether (sulfide) groups is 1. The van der Waals surface area contributed by atoms with E-state index in [1.165, 1.54) is 23.9 Å². The number of aromatic nitrogens is 1. The van der Waals surface area contributed by atoms with Crippen molar-refractivity contribution in [3.63, 3.8) is 0 Å².